The number of hydrogen-bond acceptors (Lipinski definition) is 4. The van der Waals surface area contributed by atoms with E-state index < -0.39 is 11.7 Å². The van der Waals surface area contributed by atoms with Gasteiger partial charge in [0, 0.05) is 6.54 Å². The fourth-order valence-corrected chi connectivity index (χ4v) is 2.57. The second-order valence-electron chi connectivity index (χ2n) is 6.90. The lowest BCUT2D eigenvalue weighted by Gasteiger charge is -2.19. The number of ether oxygens (including phenoxy) is 1. The first-order valence-electron chi connectivity index (χ1n) is 8.20. The molecule has 0 aliphatic heterocycles. The van der Waals surface area contributed by atoms with Crippen LogP contribution in [-0.2, 0) is 11.3 Å². The van der Waals surface area contributed by atoms with E-state index in [-0.39, 0.29) is 0 Å². The third-order valence-electron chi connectivity index (χ3n) is 3.62. The zero-order valence-corrected chi connectivity index (χ0v) is 14.9. The van der Waals surface area contributed by atoms with E-state index in [1.807, 2.05) is 52.0 Å². The van der Waals surface area contributed by atoms with Crippen LogP contribution >= 0.6 is 0 Å². The lowest BCUT2D eigenvalue weighted by atomic mass is 10.2. The SMILES string of the molecule is Cc1nc2nc(NC(=O)OC(C)(C)C)ccc2n1Cc1ccccc1. The number of nitrogens with zero attached hydrogens (tertiary/aromatic N) is 3. The molecule has 0 unspecified atom stereocenters. The maximum absolute atomic E-state index is 11.9. The van der Waals surface area contributed by atoms with Crippen LogP contribution in [0.25, 0.3) is 11.2 Å². The van der Waals surface area contributed by atoms with E-state index in [0.29, 0.717) is 11.5 Å². The highest BCUT2D eigenvalue weighted by molar-refractivity contribution is 5.85. The lowest BCUT2D eigenvalue weighted by molar-refractivity contribution is 0.0635. The third-order valence-corrected chi connectivity index (χ3v) is 3.62. The van der Waals surface area contributed by atoms with E-state index in [4.69, 9.17) is 4.74 Å². The highest BCUT2D eigenvalue weighted by Gasteiger charge is 2.17. The molecule has 0 saturated carbocycles. The average molecular weight is 338 g/mol. The van der Waals surface area contributed by atoms with Gasteiger partial charge in [-0.3, -0.25) is 5.32 Å². The zero-order chi connectivity index (χ0) is 18.0. The molecule has 25 heavy (non-hydrogen) atoms. The summed E-state index contributed by atoms with van der Waals surface area (Å²) >= 11 is 0. The van der Waals surface area contributed by atoms with Gasteiger partial charge in [-0.15, -0.1) is 0 Å². The molecule has 0 spiro atoms. The highest BCUT2D eigenvalue weighted by Crippen LogP contribution is 2.19. The minimum absolute atomic E-state index is 0.422. The van der Waals surface area contributed by atoms with Gasteiger partial charge < -0.3 is 9.30 Å². The first-order valence-corrected chi connectivity index (χ1v) is 8.20. The van der Waals surface area contributed by atoms with Gasteiger partial charge in [0.25, 0.3) is 0 Å². The summed E-state index contributed by atoms with van der Waals surface area (Å²) < 4.78 is 7.35. The van der Waals surface area contributed by atoms with Crippen molar-refractivity contribution in [2.24, 2.45) is 0 Å². The largest absolute Gasteiger partial charge is 0.444 e. The topological polar surface area (TPSA) is 69.0 Å². The van der Waals surface area contributed by atoms with Crippen molar-refractivity contribution in [2.45, 2.75) is 39.8 Å². The number of imidazole rings is 1. The number of amides is 1. The first-order chi connectivity index (χ1) is 11.8. The molecule has 6 nitrogen and oxygen atoms in total. The molecule has 0 saturated heterocycles. The molecule has 0 bridgehead atoms. The number of benzene rings is 1. The molecule has 0 aliphatic carbocycles. The molecule has 0 aliphatic rings. The number of carbonyl (C=O) groups is 1. The normalized spacial score (nSPS) is 11.5. The summed E-state index contributed by atoms with van der Waals surface area (Å²) in [7, 11) is 0. The summed E-state index contributed by atoms with van der Waals surface area (Å²) in [4.78, 5) is 20.8. The molecule has 1 aromatic carbocycles. The Bertz CT molecular complexity index is 895. The number of carbonyl (C=O) groups excluding carboxylic acids is 1. The molecule has 2 heterocycles. The average Bonchev–Trinajstić information content (AvgIpc) is 2.81. The predicted octanol–water partition coefficient (Wildman–Crippen LogP) is 4.14. The summed E-state index contributed by atoms with van der Waals surface area (Å²) in [5.74, 6) is 1.30. The molecule has 6 heteroatoms. The molecular weight excluding hydrogens is 316 g/mol. The smallest absolute Gasteiger partial charge is 0.413 e. The molecule has 3 aromatic rings. The number of hydrogen-bond donors (Lipinski definition) is 1. The van der Waals surface area contributed by atoms with E-state index in [0.717, 1.165) is 17.9 Å². The van der Waals surface area contributed by atoms with Crippen LogP contribution in [0.15, 0.2) is 42.5 Å². The molecule has 1 N–H and O–H groups in total. The van der Waals surface area contributed by atoms with Gasteiger partial charge in [0.1, 0.15) is 17.2 Å². The van der Waals surface area contributed by atoms with Crippen molar-refractivity contribution in [3.63, 3.8) is 0 Å². The Morgan fingerprint density at radius 2 is 1.84 bits per heavy atom. The molecule has 2 aromatic heterocycles. The minimum atomic E-state index is -0.554. The van der Waals surface area contributed by atoms with E-state index in [1.165, 1.54) is 5.56 Å². The molecule has 130 valence electrons. The Labute approximate surface area is 146 Å². The highest BCUT2D eigenvalue weighted by atomic mass is 16.6. The molecule has 0 radical (unpaired) electrons. The molecule has 3 rings (SSSR count). The van der Waals surface area contributed by atoms with Crippen LogP contribution in [0.2, 0.25) is 0 Å². The van der Waals surface area contributed by atoms with E-state index in [9.17, 15) is 4.79 Å². The Kier molecular flexibility index (Phi) is 4.44. The predicted molar refractivity (Wildman–Crippen MR) is 97.7 cm³/mol. The second-order valence-corrected chi connectivity index (χ2v) is 6.90. The van der Waals surface area contributed by atoms with Gasteiger partial charge in [-0.1, -0.05) is 30.3 Å². The maximum atomic E-state index is 11.9. The van der Waals surface area contributed by atoms with Crippen LogP contribution in [0.5, 0.6) is 0 Å². The van der Waals surface area contributed by atoms with Gasteiger partial charge in [-0.2, -0.15) is 0 Å². The third kappa shape index (κ3) is 4.15. The van der Waals surface area contributed by atoms with Crippen molar-refractivity contribution < 1.29 is 9.53 Å². The Morgan fingerprint density at radius 3 is 2.52 bits per heavy atom. The Morgan fingerprint density at radius 1 is 1.12 bits per heavy atom. The summed E-state index contributed by atoms with van der Waals surface area (Å²) in [6, 6.07) is 13.9. The van der Waals surface area contributed by atoms with Gasteiger partial charge in [0.05, 0.1) is 5.52 Å². The quantitative estimate of drug-likeness (QED) is 0.779. The summed E-state index contributed by atoms with van der Waals surface area (Å²) in [5, 5.41) is 2.65. The maximum Gasteiger partial charge on any atom is 0.413 e. The van der Waals surface area contributed by atoms with Crippen molar-refractivity contribution in [3.05, 3.63) is 53.9 Å². The van der Waals surface area contributed by atoms with Crippen molar-refractivity contribution >= 4 is 23.1 Å². The van der Waals surface area contributed by atoms with Gasteiger partial charge in [-0.25, -0.2) is 14.8 Å². The van der Waals surface area contributed by atoms with E-state index >= 15 is 0 Å². The fraction of sp³-hybridized carbons (Fsp3) is 0.316. The standard InChI is InChI=1S/C19H22N4O2/c1-13-20-17-15(23(13)12-14-8-6-5-7-9-14)10-11-16(21-17)22-18(24)25-19(2,3)4/h5-11H,12H2,1-4H3,(H,21,22,24). The molecule has 0 fully saturated rings. The van der Waals surface area contributed by atoms with E-state index in [1.54, 1.807) is 6.07 Å². The number of nitrogens with one attached hydrogen (secondary N) is 1. The first kappa shape index (κ1) is 17.0. The number of anilines is 1. The van der Waals surface area contributed by atoms with Crippen LogP contribution in [-0.4, -0.2) is 26.2 Å². The van der Waals surface area contributed by atoms with Crippen molar-refractivity contribution in [2.75, 3.05) is 5.32 Å². The van der Waals surface area contributed by atoms with Crippen LogP contribution < -0.4 is 5.32 Å². The molecular formula is C19H22N4O2. The van der Waals surface area contributed by atoms with Gasteiger partial charge in [0.2, 0.25) is 0 Å². The Hall–Kier alpha value is -2.89. The lowest BCUT2D eigenvalue weighted by Crippen LogP contribution is -2.27. The van der Waals surface area contributed by atoms with Crippen LogP contribution in [0.3, 0.4) is 0 Å². The fourth-order valence-electron chi connectivity index (χ4n) is 2.57. The van der Waals surface area contributed by atoms with Crippen molar-refractivity contribution in [3.8, 4) is 0 Å². The van der Waals surface area contributed by atoms with Gasteiger partial charge in [0.15, 0.2) is 5.65 Å². The number of rotatable bonds is 3. The van der Waals surface area contributed by atoms with Crippen LogP contribution in [0.1, 0.15) is 32.2 Å². The van der Waals surface area contributed by atoms with E-state index in [2.05, 4.69) is 32.0 Å². The Balaban J connectivity index is 1.84. The number of fused-ring (bicyclic) bond motifs is 1. The van der Waals surface area contributed by atoms with Crippen LogP contribution in [0.4, 0.5) is 10.6 Å². The van der Waals surface area contributed by atoms with Crippen molar-refractivity contribution in [1.29, 1.82) is 0 Å². The monoisotopic (exact) mass is 338 g/mol. The minimum Gasteiger partial charge on any atom is -0.444 e. The zero-order valence-electron chi connectivity index (χ0n) is 14.9. The van der Waals surface area contributed by atoms with Gasteiger partial charge >= 0.3 is 6.09 Å². The van der Waals surface area contributed by atoms with Crippen molar-refractivity contribution in [1.82, 2.24) is 14.5 Å². The summed E-state index contributed by atoms with van der Waals surface area (Å²) in [5.41, 5.74) is 2.17. The second kappa shape index (κ2) is 6.55. The molecule has 0 atom stereocenters. The molecule has 1 amide bonds. The summed E-state index contributed by atoms with van der Waals surface area (Å²) in [6.07, 6.45) is -0.528. The summed E-state index contributed by atoms with van der Waals surface area (Å²) in [6.45, 7) is 8.13. The van der Waals surface area contributed by atoms with Crippen LogP contribution in [0, 0.1) is 6.92 Å². The van der Waals surface area contributed by atoms with Gasteiger partial charge in [-0.05, 0) is 45.4 Å². The number of aryl methyl sites for hydroxylation is 1. The number of pyridine rings is 1. The number of aromatic nitrogens is 3.